The van der Waals surface area contributed by atoms with E-state index in [9.17, 15) is 13.2 Å². The Morgan fingerprint density at radius 1 is 1.15 bits per heavy atom. The minimum absolute atomic E-state index is 0.0768. The molecule has 33 heavy (non-hydrogen) atoms. The number of benzene rings is 2. The number of anilines is 1. The van der Waals surface area contributed by atoms with E-state index in [1.54, 1.807) is 24.3 Å². The molecule has 0 atom stereocenters. The lowest BCUT2D eigenvalue weighted by molar-refractivity contribution is -0.119. The molecule has 0 spiro atoms. The highest BCUT2D eigenvalue weighted by Crippen LogP contribution is 2.34. The van der Waals surface area contributed by atoms with Gasteiger partial charge in [0.25, 0.3) is 10.0 Å². The fraction of sp³-hybridized carbons (Fsp3) is 0.458. The first kappa shape index (κ1) is 25.3. The molecule has 1 aliphatic carbocycles. The summed E-state index contributed by atoms with van der Waals surface area (Å²) in [4.78, 5) is 12.8. The van der Waals surface area contributed by atoms with Gasteiger partial charge in [0.05, 0.1) is 23.8 Å². The first-order valence-corrected chi connectivity index (χ1v) is 12.9. The lowest BCUT2D eigenvalue weighted by Crippen LogP contribution is -2.41. The van der Waals surface area contributed by atoms with Crippen LogP contribution in [0.3, 0.4) is 0 Å². The van der Waals surface area contributed by atoms with Gasteiger partial charge >= 0.3 is 0 Å². The predicted octanol–water partition coefficient (Wildman–Crippen LogP) is 4.32. The maximum absolute atomic E-state index is 13.5. The largest absolute Gasteiger partial charge is 0.495 e. The third kappa shape index (κ3) is 6.85. The van der Waals surface area contributed by atoms with Crippen LogP contribution in [-0.2, 0) is 19.6 Å². The number of halogens is 1. The Bertz CT molecular complexity index is 1040. The number of carbonyl (C=O) groups excluding carboxylic acids is 1. The summed E-state index contributed by atoms with van der Waals surface area (Å²) in [6, 6.07) is 11.1. The fourth-order valence-corrected chi connectivity index (χ4v) is 5.38. The van der Waals surface area contributed by atoms with E-state index in [2.05, 4.69) is 5.32 Å². The number of rotatable bonds is 11. The molecule has 1 saturated carbocycles. The zero-order chi connectivity index (χ0) is 23.8. The maximum Gasteiger partial charge on any atom is 0.264 e. The summed E-state index contributed by atoms with van der Waals surface area (Å²) in [7, 11) is -2.61. The van der Waals surface area contributed by atoms with Crippen molar-refractivity contribution in [1.29, 1.82) is 0 Å². The smallest absolute Gasteiger partial charge is 0.264 e. The molecular formula is C24H31ClN2O5S. The molecule has 3 rings (SSSR count). The Kier molecular flexibility index (Phi) is 9.00. The SMILES string of the molecule is COc1ccc(Cl)cc1N(CC(=O)NCCCOC1CCCC1)S(=O)(=O)c1ccc(C)cc1. The number of amides is 1. The molecule has 0 heterocycles. The van der Waals surface area contributed by atoms with Crippen LogP contribution in [0.15, 0.2) is 47.4 Å². The summed E-state index contributed by atoms with van der Waals surface area (Å²) in [6.07, 6.45) is 5.60. The number of hydrogen-bond donors (Lipinski definition) is 1. The van der Waals surface area contributed by atoms with Crippen LogP contribution in [0.25, 0.3) is 0 Å². The normalized spacial score (nSPS) is 14.3. The molecule has 9 heteroatoms. The molecule has 180 valence electrons. The van der Waals surface area contributed by atoms with Crippen LogP contribution in [-0.4, -0.2) is 47.2 Å². The monoisotopic (exact) mass is 494 g/mol. The van der Waals surface area contributed by atoms with E-state index < -0.39 is 22.5 Å². The van der Waals surface area contributed by atoms with Gasteiger partial charge in [-0.05, 0) is 56.5 Å². The first-order chi connectivity index (χ1) is 15.8. The second-order valence-corrected chi connectivity index (χ2v) is 10.4. The zero-order valence-corrected chi connectivity index (χ0v) is 20.6. The molecule has 1 aliphatic rings. The molecule has 0 radical (unpaired) electrons. The third-order valence-corrected chi connectivity index (χ3v) is 7.61. The van der Waals surface area contributed by atoms with Crippen LogP contribution in [0.4, 0.5) is 5.69 Å². The molecule has 0 aromatic heterocycles. The lowest BCUT2D eigenvalue weighted by atomic mass is 10.2. The van der Waals surface area contributed by atoms with Crippen LogP contribution in [0, 0.1) is 6.92 Å². The quantitative estimate of drug-likeness (QED) is 0.470. The minimum Gasteiger partial charge on any atom is -0.495 e. The molecule has 1 fully saturated rings. The summed E-state index contributed by atoms with van der Waals surface area (Å²) in [5, 5.41) is 3.13. The zero-order valence-electron chi connectivity index (χ0n) is 19.1. The van der Waals surface area contributed by atoms with Gasteiger partial charge in [-0.15, -0.1) is 0 Å². The van der Waals surface area contributed by atoms with Gasteiger partial charge in [-0.25, -0.2) is 8.42 Å². The van der Waals surface area contributed by atoms with Gasteiger partial charge in [0.2, 0.25) is 5.91 Å². The number of sulfonamides is 1. The molecular weight excluding hydrogens is 464 g/mol. The number of nitrogens with zero attached hydrogens (tertiary/aromatic N) is 1. The molecule has 0 unspecified atom stereocenters. The van der Waals surface area contributed by atoms with Crippen LogP contribution in [0.5, 0.6) is 5.75 Å². The van der Waals surface area contributed by atoms with Crippen molar-refractivity contribution in [2.45, 2.75) is 50.0 Å². The Labute approximate surface area is 201 Å². The van der Waals surface area contributed by atoms with Crippen LogP contribution in [0.1, 0.15) is 37.7 Å². The third-order valence-electron chi connectivity index (χ3n) is 5.60. The van der Waals surface area contributed by atoms with E-state index in [1.165, 1.54) is 38.2 Å². The lowest BCUT2D eigenvalue weighted by Gasteiger charge is -2.26. The van der Waals surface area contributed by atoms with Gasteiger partial charge in [-0.2, -0.15) is 0 Å². The minimum atomic E-state index is -4.05. The molecule has 1 amide bonds. The Morgan fingerprint density at radius 2 is 1.85 bits per heavy atom. The topological polar surface area (TPSA) is 84.9 Å². The van der Waals surface area contributed by atoms with E-state index in [0.717, 1.165) is 22.7 Å². The van der Waals surface area contributed by atoms with E-state index >= 15 is 0 Å². The number of aryl methyl sites for hydroxylation is 1. The van der Waals surface area contributed by atoms with Crippen molar-refractivity contribution in [2.75, 3.05) is 31.1 Å². The molecule has 2 aromatic rings. The second kappa shape index (κ2) is 11.7. The van der Waals surface area contributed by atoms with E-state index in [0.29, 0.717) is 36.4 Å². The van der Waals surface area contributed by atoms with Crippen molar-refractivity contribution < 1.29 is 22.7 Å². The number of nitrogens with one attached hydrogen (secondary N) is 1. The number of carbonyl (C=O) groups is 1. The molecule has 1 N–H and O–H groups in total. The highest BCUT2D eigenvalue weighted by molar-refractivity contribution is 7.92. The Morgan fingerprint density at radius 3 is 2.52 bits per heavy atom. The molecule has 0 aliphatic heterocycles. The standard InChI is InChI=1S/C24H31ClN2O5S/c1-18-8-11-21(12-9-18)33(29,30)27(22-16-19(25)10-13-23(22)31-2)17-24(28)26-14-5-15-32-20-6-3-4-7-20/h8-13,16,20H,3-7,14-15,17H2,1-2H3,(H,26,28). The van der Waals surface area contributed by atoms with Gasteiger partial charge in [-0.3, -0.25) is 9.10 Å². The molecule has 0 saturated heterocycles. The van der Waals surface area contributed by atoms with Gasteiger partial charge < -0.3 is 14.8 Å². The van der Waals surface area contributed by atoms with Crippen molar-refractivity contribution in [3.63, 3.8) is 0 Å². The Hall–Kier alpha value is -2.29. The van der Waals surface area contributed by atoms with Gasteiger partial charge in [0.15, 0.2) is 0 Å². The van der Waals surface area contributed by atoms with E-state index in [4.69, 9.17) is 21.1 Å². The summed E-state index contributed by atoms with van der Waals surface area (Å²) in [5.41, 5.74) is 1.13. The molecule has 0 bridgehead atoms. The fourth-order valence-electron chi connectivity index (χ4n) is 3.79. The van der Waals surface area contributed by atoms with Crippen molar-refractivity contribution in [3.8, 4) is 5.75 Å². The highest BCUT2D eigenvalue weighted by atomic mass is 35.5. The first-order valence-electron chi connectivity index (χ1n) is 11.1. The van der Waals surface area contributed by atoms with E-state index in [-0.39, 0.29) is 10.6 Å². The van der Waals surface area contributed by atoms with Gasteiger partial charge in [-0.1, -0.05) is 42.1 Å². The number of ether oxygens (including phenoxy) is 2. The summed E-state index contributed by atoms with van der Waals surface area (Å²) in [6.45, 7) is 2.43. The van der Waals surface area contributed by atoms with Crippen molar-refractivity contribution in [2.24, 2.45) is 0 Å². The Balaban J connectivity index is 1.74. The second-order valence-electron chi connectivity index (χ2n) is 8.12. The predicted molar refractivity (Wildman–Crippen MR) is 130 cm³/mol. The van der Waals surface area contributed by atoms with Crippen molar-refractivity contribution in [3.05, 3.63) is 53.1 Å². The molecule has 2 aromatic carbocycles. The van der Waals surface area contributed by atoms with Crippen LogP contribution < -0.4 is 14.4 Å². The van der Waals surface area contributed by atoms with Gasteiger partial charge in [0.1, 0.15) is 12.3 Å². The van der Waals surface area contributed by atoms with E-state index in [1.807, 2.05) is 6.92 Å². The maximum atomic E-state index is 13.5. The summed E-state index contributed by atoms with van der Waals surface area (Å²) >= 11 is 6.15. The number of methoxy groups -OCH3 is 1. The molecule has 7 nitrogen and oxygen atoms in total. The summed E-state index contributed by atoms with van der Waals surface area (Å²) in [5.74, 6) is -0.124. The highest BCUT2D eigenvalue weighted by Gasteiger charge is 2.29. The average Bonchev–Trinajstić information content (AvgIpc) is 3.31. The van der Waals surface area contributed by atoms with Crippen molar-refractivity contribution in [1.82, 2.24) is 5.32 Å². The van der Waals surface area contributed by atoms with Crippen LogP contribution in [0.2, 0.25) is 5.02 Å². The van der Waals surface area contributed by atoms with Gasteiger partial charge in [0, 0.05) is 18.2 Å². The van der Waals surface area contributed by atoms with Crippen molar-refractivity contribution >= 4 is 33.2 Å². The number of hydrogen-bond acceptors (Lipinski definition) is 5. The summed E-state index contributed by atoms with van der Waals surface area (Å²) < 4.78 is 39.2. The van der Waals surface area contributed by atoms with Crippen LogP contribution >= 0.6 is 11.6 Å². The average molecular weight is 495 g/mol.